The van der Waals surface area contributed by atoms with Crippen LogP contribution in [0.15, 0.2) is 11.8 Å². The molecule has 0 aromatic rings. The molecule has 0 aromatic heterocycles. The summed E-state index contributed by atoms with van der Waals surface area (Å²) in [5, 5.41) is 10.3. The molecule has 0 bridgehead atoms. The Bertz CT molecular complexity index is 225. The Morgan fingerprint density at radius 3 is 2.54 bits per heavy atom. The zero-order valence-electron chi connectivity index (χ0n) is 8.59. The van der Waals surface area contributed by atoms with Crippen LogP contribution >= 0.6 is 0 Å². The molecule has 0 aliphatic carbocycles. The summed E-state index contributed by atoms with van der Waals surface area (Å²) in [6.07, 6.45) is 3.99. The molecule has 1 aliphatic rings. The van der Waals surface area contributed by atoms with E-state index in [4.69, 9.17) is 11.1 Å². The van der Waals surface area contributed by atoms with Crippen molar-refractivity contribution in [3.8, 4) is 0 Å². The molecule has 0 unspecified atom stereocenters. The number of hydrogen-bond donors (Lipinski definition) is 3. The number of allylic oxidation sites excluding steroid dienone is 1. The highest BCUT2D eigenvalue weighted by Gasteiger charge is 2.33. The van der Waals surface area contributed by atoms with Crippen molar-refractivity contribution in [2.75, 3.05) is 0 Å². The summed E-state index contributed by atoms with van der Waals surface area (Å²) in [4.78, 5) is 0. The van der Waals surface area contributed by atoms with Gasteiger partial charge in [0.2, 0.25) is 0 Å². The third-order valence-corrected chi connectivity index (χ3v) is 2.54. The Balaban J connectivity index is 2.71. The van der Waals surface area contributed by atoms with E-state index in [9.17, 15) is 0 Å². The molecule has 0 radical (unpaired) electrons. The maximum Gasteiger partial charge on any atom is 0.0464 e. The van der Waals surface area contributed by atoms with Gasteiger partial charge in [0.1, 0.15) is 0 Å². The fourth-order valence-electron chi connectivity index (χ4n) is 1.58. The lowest BCUT2D eigenvalue weighted by Crippen LogP contribution is -2.34. The average Bonchev–Trinajstić information content (AvgIpc) is 2.32. The first-order valence-corrected chi connectivity index (χ1v) is 4.68. The van der Waals surface area contributed by atoms with Gasteiger partial charge in [0, 0.05) is 24.0 Å². The maximum absolute atomic E-state index is 6.98. The SMILES string of the molecule is CC(C)(C)[C@H]1C[C@@H](N)/C(=C/C=N)N1. The number of nitrogens with one attached hydrogen (secondary N) is 2. The minimum absolute atomic E-state index is 0.0748. The monoisotopic (exact) mass is 181 g/mol. The standard InChI is InChI=1S/C10H19N3/c1-10(2,3)9-6-7(12)8(13-9)4-5-11/h4-5,7,9,11,13H,6,12H2,1-3H3/b8-4-,11-5?/t7-,9-/m1/s1. The Hall–Kier alpha value is -0.830. The van der Waals surface area contributed by atoms with Crippen LogP contribution in [0.5, 0.6) is 0 Å². The second-order valence-corrected chi connectivity index (χ2v) is 4.69. The van der Waals surface area contributed by atoms with Gasteiger partial charge in [0.15, 0.2) is 0 Å². The van der Waals surface area contributed by atoms with Crippen LogP contribution in [-0.2, 0) is 0 Å². The largest absolute Gasteiger partial charge is 0.384 e. The van der Waals surface area contributed by atoms with Crippen LogP contribution in [0.25, 0.3) is 0 Å². The first-order valence-electron chi connectivity index (χ1n) is 4.68. The van der Waals surface area contributed by atoms with Crippen molar-refractivity contribution in [3.63, 3.8) is 0 Å². The normalized spacial score (nSPS) is 31.8. The molecule has 1 rings (SSSR count). The molecule has 0 spiro atoms. The van der Waals surface area contributed by atoms with Gasteiger partial charge in [0.05, 0.1) is 0 Å². The van der Waals surface area contributed by atoms with E-state index in [1.54, 1.807) is 6.08 Å². The van der Waals surface area contributed by atoms with E-state index in [2.05, 4.69) is 26.1 Å². The molecule has 1 aliphatic heterocycles. The van der Waals surface area contributed by atoms with Crippen LogP contribution in [0.3, 0.4) is 0 Å². The van der Waals surface area contributed by atoms with Crippen molar-refractivity contribution in [1.29, 1.82) is 5.41 Å². The summed E-state index contributed by atoms with van der Waals surface area (Å²) in [5.74, 6) is 0. The average molecular weight is 181 g/mol. The fourth-order valence-corrected chi connectivity index (χ4v) is 1.58. The molecule has 1 fully saturated rings. The van der Waals surface area contributed by atoms with Crippen molar-refractivity contribution < 1.29 is 0 Å². The second kappa shape index (κ2) is 3.50. The third-order valence-electron chi connectivity index (χ3n) is 2.54. The molecular weight excluding hydrogens is 162 g/mol. The van der Waals surface area contributed by atoms with Gasteiger partial charge < -0.3 is 16.5 Å². The van der Waals surface area contributed by atoms with Crippen molar-refractivity contribution in [2.45, 2.75) is 39.3 Å². The Morgan fingerprint density at radius 1 is 1.54 bits per heavy atom. The molecule has 3 nitrogen and oxygen atoms in total. The van der Waals surface area contributed by atoms with Crippen LogP contribution in [0, 0.1) is 10.8 Å². The quantitative estimate of drug-likeness (QED) is 0.533. The molecule has 13 heavy (non-hydrogen) atoms. The van der Waals surface area contributed by atoms with Crippen LogP contribution < -0.4 is 11.1 Å². The van der Waals surface area contributed by atoms with Crippen molar-refractivity contribution in [3.05, 3.63) is 11.8 Å². The molecule has 74 valence electrons. The van der Waals surface area contributed by atoms with Crippen molar-refractivity contribution >= 4 is 6.21 Å². The highest BCUT2D eigenvalue weighted by molar-refractivity contribution is 5.69. The molecule has 1 heterocycles. The van der Waals surface area contributed by atoms with Crippen LogP contribution in [0.1, 0.15) is 27.2 Å². The minimum atomic E-state index is 0.0748. The molecule has 2 atom stereocenters. The van der Waals surface area contributed by atoms with Gasteiger partial charge in [-0.3, -0.25) is 0 Å². The van der Waals surface area contributed by atoms with Crippen LogP contribution in [0.2, 0.25) is 0 Å². The Kier molecular flexibility index (Phi) is 2.76. The summed E-state index contributed by atoms with van der Waals surface area (Å²) in [6.45, 7) is 6.60. The Labute approximate surface area is 79.9 Å². The molecule has 3 heteroatoms. The lowest BCUT2D eigenvalue weighted by molar-refractivity contribution is 0.296. The molecular formula is C10H19N3. The van der Waals surface area contributed by atoms with E-state index in [0.29, 0.717) is 6.04 Å². The van der Waals surface area contributed by atoms with E-state index in [-0.39, 0.29) is 11.5 Å². The zero-order chi connectivity index (χ0) is 10.1. The molecule has 4 N–H and O–H groups in total. The smallest absolute Gasteiger partial charge is 0.0464 e. The third kappa shape index (κ3) is 2.31. The first kappa shape index (κ1) is 10.3. The maximum atomic E-state index is 6.98. The van der Waals surface area contributed by atoms with Gasteiger partial charge in [-0.1, -0.05) is 20.8 Å². The molecule has 0 amide bonds. The fraction of sp³-hybridized carbons (Fsp3) is 0.700. The van der Waals surface area contributed by atoms with Gasteiger partial charge in [-0.25, -0.2) is 0 Å². The van der Waals surface area contributed by atoms with Gasteiger partial charge in [0.25, 0.3) is 0 Å². The summed E-state index contributed by atoms with van der Waals surface area (Å²) < 4.78 is 0. The van der Waals surface area contributed by atoms with E-state index < -0.39 is 0 Å². The van der Waals surface area contributed by atoms with Crippen LogP contribution in [-0.4, -0.2) is 18.3 Å². The van der Waals surface area contributed by atoms with Gasteiger partial charge >= 0.3 is 0 Å². The van der Waals surface area contributed by atoms with E-state index in [1.165, 1.54) is 6.21 Å². The molecule has 1 saturated heterocycles. The van der Waals surface area contributed by atoms with E-state index >= 15 is 0 Å². The highest BCUT2D eigenvalue weighted by Crippen LogP contribution is 2.28. The summed E-state index contributed by atoms with van der Waals surface area (Å²) in [6, 6.07) is 0.500. The minimum Gasteiger partial charge on any atom is -0.384 e. The number of hydrogen-bond acceptors (Lipinski definition) is 3. The van der Waals surface area contributed by atoms with Gasteiger partial charge in [-0.15, -0.1) is 0 Å². The van der Waals surface area contributed by atoms with Crippen LogP contribution in [0.4, 0.5) is 0 Å². The number of nitrogens with two attached hydrogens (primary N) is 1. The lowest BCUT2D eigenvalue weighted by atomic mass is 9.85. The second-order valence-electron chi connectivity index (χ2n) is 4.69. The first-order chi connectivity index (χ1) is 5.95. The zero-order valence-corrected chi connectivity index (χ0v) is 8.59. The Morgan fingerprint density at radius 2 is 2.15 bits per heavy atom. The van der Waals surface area contributed by atoms with Crippen molar-refractivity contribution in [2.24, 2.45) is 11.1 Å². The highest BCUT2D eigenvalue weighted by atomic mass is 15.0. The summed E-state index contributed by atoms with van der Waals surface area (Å²) in [5.41, 5.74) is 7.14. The van der Waals surface area contributed by atoms with E-state index in [0.717, 1.165) is 12.1 Å². The summed E-state index contributed by atoms with van der Waals surface area (Å²) in [7, 11) is 0. The van der Waals surface area contributed by atoms with Crippen molar-refractivity contribution in [1.82, 2.24) is 5.32 Å². The van der Waals surface area contributed by atoms with Gasteiger partial charge in [-0.2, -0.15) is 0 Å². The molecule has 0 saturated carbocycles. The summed E-state index contributed by atoms with van der Waals surface area (Å²) >= 11 is 0. The predicted molar refractivity (Wildman–Crippen MR) is 55.8 cm³/mol. The topological polar surface area (TPSA) is 61.9 Å². The van der Waals surface area contributed by atoms with E-state index in [1.807, 2.05) is 0 Å². The van der Waals surface area contributed by atoms with Gasteiger partial charge in [-0.05, 0) is 17.9 Å². The predicted octanol–water partition coefficient (Wildman–Crippen LogP) is 1.26. The lowest BCUT2D eigenvalue weighted by Gasteiger charge is -2.27. The molecule has 0 aromatic carbocycles. The number of rotatable bonds is 1.